The van der Waals surface area contributed by atoms with Gasteiger partial charge in [-0.1, -0.05) is 28.1 Å². The Morgan fingerprint density at radius 1 is 1.21 bits per heavy atom. The number of aromatic hydroxyl groups is 1. The third kappa shape index (κ3) is 5.38. The second-order valence-corrected chi connectivity index (χ2v) is 8.69. The first-order chi connectivity index (χ1) is 15.9. The van der Waals surface area contributed by atoms with Gasteiger partial charge in [0.1, 0.15) is 11.5 Å². The van der Waals surface area contributed by atoms with E-state index < -0.39 is 4.92 Å². The van der Waals surface area contributed by atoms with Crippen molar-refractivity contribution in [3.63, 3.8) is 0 Å². The zero-order valence-electron chi connectivity index (χ0n) is 16.8. The number of carbonyl (C=O) groups excluding carboxylic acids is 1. The molecule has 11 heteroatoms. The van der Waals surface area contributed by atoms with Gasteiger partial charge in [-0.05, 0) is 48.2 Å². The first kappa shape index (κ1) is 22.5. The Kier molecular flexibility index (Phi) is 6.71. The molecular formula is C22H15BrN4O5S. The number of halogens is 1. The number of hydrogen-bond acceptors (Lipinski definition) is 8. The molecule has 166 valence electrons. The number of amidine groups is 1. The van der Waals surface area contributed by atoms with E-state index in [1.165, 1.54) is 35.6 Å². The summed E-state index contributed by atoms with van der Waals surface area (Å²) in [5, 5.41) is 29.6. The van der Waals surface area contributed by atoms with Gasteiger partial charge in [0.05, 0.1) is 28.9 Å². The molecule has 0 radical (unpaired) electrons. The van der Waals surface area contributed by atoms with Crippen molar-refractivity contribution in [3.8, 4) is 5.75 Å². The molecule has 1 aliphatic rings. The molecule has 2 heterocycles. The molecule has 0 unspecified atom stereocenters. The minimum absolute atomic E-state index is 0.0331. The van der Waals surface area contributed by atoms with E-state index >= 15 is 0 Å². The molecule has 4 rings (SSSR count). The van der Waals surface area contributed by atoms with E-state index in [2.05, 4.69) is 26.1 Å². The number of furan rings is 1. The predicted octanol–water partition coefficient (Wildman–Crippen LogP) is 5.16. The summed E-state index contributed by atoms with van der Waals surface area (Å²) in [4.78, 5) is 25.3. The normalized spacial score (nSPS) is 16.4. The number of amides is 1. The van der Waals surface area contributed by atoms with Crippen molar-refractivity contribution in [1.29, 1.82) is 0 Å². The van der Waals surface area contributed by atoms with Gasteiger partial charge in [-0.25, -0.2) is 0 Å². The monoisotopic (exact) mass is 526 g/mol. The molecule has 0 aliphatic carbocycles. The first-order valence-electron chi connectivity index (χ1n) is 9.48. The van der Waals surface area contributed by atoms with Crippen molar-refractivity contribution in [1.82, 2.24) is 4.90 Å². The van der Waals surface area contributed by atoms with Crippen LogP contribution in [0.5, 0.6) is 5.75 Å². The molecule has 0 atom stereocenters. The summed E-state index contributed by atoms with van der Waals surface area (Å²) in [6.07, 6.45) is 4.46. The Morgan fingerprint density at radius 3 is 2.82 bits per heavy atom. The summed E-state index contributed by atoms with van der Waals surface area (Å²) in [6.45, 7) is 0.145. The number of rotatable bonds is 6. The van der Waals surface area contributed by atoms with Crippen LogP contribution in [0.1, 0.15) is 16.9 Å². The number of carbonyl (C=O) groups is 1. The highest BCUT2D eigenvalue weighted by molar-refractivity contribution is 9.10. The Morgan fingerprint density at radius 2 is 2.06 bits per heavy atom. The van der Waals surface area contributed by atoms with Gasteiger partial charge in [0.15, 0.2) is 5.17 Å². The van der Waals surface area contributed by atoms with Crippen LogP contribution in [-0.2, 0) is 11.3 Å². The number of nitrogens with zero attached hydrogens (tertiary/aromatic N) is 4. The van der Waals surface area contributed by atoms with Crippen LogP contribution >= 0.6 is 27.7 Å². The molecule has 1 aromatic heterocycles. The zero-order chi connectivity index (χ0) is 23.4. The summed E-state index contributed by atoms with van der Waals surface area (Å²) in [5.74, 6) is 0.275. The maximum Gasteiger partial charge on any atom is 0.270 e. The fourth-order valence-corrected chi connectivity index (χ4v) is 4.23. The SMILES string of the molecule is O=C1/C(=C/c2cc(Br)ccc2O)S/C(=N\N=C\c2cccc([N+](=O)[O-])c2)N1Cc1ccco1. The van der Waals surface area contributed by atoms with E-state index in [1.807, 2.05) is 0 Å². The highest BCUT2D eigenvalue weighted by Crippen LogP contribution is 2.35. The van der Waals surface area contributed by atoms with Gasteiger partial charge >= 0.3 is 0 Å². The lowest BCUT2D eigenvalue weighted by atomic mass is 10.2. The third-order valence-corrected chi connectivity index (χ3v) is 5.98. The van der Waals surface area contributed by atoms with Gasteiger partial charge in [0.25, 0.3) is 11.6 Å². The largest absolute Gasteiger partial charge is 0.507 e. The van der Waals surface area contributed by atoms with Crippen LogP contribution in [-0.4, -0.2) is 32.2 Å². The molecule has 33 heavy (non-hydrogen) atoms. The molecule has 1 amide bonds. The second-order valence-electron chi connectivity index (χ2n) is 6.76. The van der Waals surface area contributed by atoms with Gasteiger partial charge in [-0.2, -0.15) is 5.10 Å². The van der Waals surface area contributed by atoms with Gasteiger partial charge in [0.2, 0.25) is 0 Å². The molecular weight excluding hydrogens is 512 g/mol. The number of nitro groups is 1. The number of thioether (sulfide) groups is 1. The van der Waals surface area contributed by atoms with Crippen LogP contribution in [0.2, 0.25) is 0 Å². The molecule has 1 N–H and O–H groups in total. The predicted molar refractivity (Wildman–Crippen MR) is 129 cm³/mol. The van der Waals surface area contributed by atoms with Crippen molar-refractivity contribution >= 4 is 56.7 Å². The van der Waals surface area contributed by atoms with Crippen molar-refractivity contribution < 1.29 is 19.2 Å². The van der Waals surface area contributed by atoms with Crippen LogP contribution in [0.3, 0.4) is 0 Å². The number of phenols is 1. The Labute approximate surface area is 200 Å². The number of non-ortho nitro benzene ring substituents is 1. The zero-order valence-corrected chi connectivity index (χ0v) is 19.2. The fraction of sp³-hybridized carbons (Fsp3) is 0.0455. The van der Waals surface area contributed by atoms with Crippen LogP contribution < -0.4 is 0 Å². The van der Waals surface area contributed by atoms with Gasteiger partial charge in [-0.3, -0.25) is 19.8 Å². The molecule has 0 spiro atoms. The maximum absolute atomic E-state index is 13.1. The van der Waals surface area contributed by atoms with Crippen LogP contribution in [0, 0.1) is 10.1 Å². The Hall–Kier alpha value is -3.70. The average molecular weight is 527 g/mol. The maximum atomic E-state index is 13.1. The first-order valence-corrected chi connectivity index (χ1v) is 11.1. The number of nitro benzene ring substituents is 1. The molecule has 1 aliphatic heterocycles. The third-order valence-electron chi connectivity index (χ3n) is 4.49. The van der Waals surface area contributed by atoms with E-state index in [0.717, 1.165) is 16.2 Å². The molecule has 0 bridgehead atoms. The summed E-state index contributed by atoms with van der Waals surface area (Å²) in [5.41, 5.74) is 0.908. The van der Waals surface area contributed by atoms with E-state index in [4.69, 9.17) is 4.42 Å². The van der Waals surface area contributed by atoms with E-state index in [9.17, 15) is 20.0 Å². The standard InChI is InChI=1S/C22H15BrN4O5S/c23-16-6-7-19(28)15(10-16)11-20-21(29)26(13-18-5-2-8-32-18)22(33-20)25-24-12-14-3-1-4-17(9-14)27(30)31/h1-12,28H,13H2/b20-11-,24-12+,25-22-. The summed E-state index contributed by atoms with van der Waals surface area (Å²) in [7, 11) is 0. The topological polar surface area (TPSA) is 122 Å². The molecule has 2 aromatic carbocycles. The van der Waals surface area contributed by atoms with Gasteiger partial charge in [0, 0.05) is 27.7 Å². The minimum Gasteiger partial charge on any atom is -0.507 e. The molecule has 0 saturated carbocycles. The highest BCUT2D eigenvalue weighted by Gasteiger charge is 2.34. The van der Waals surface area contributed by atoms with Crippen LogP contribution in [0.4, 0.5) is 5.69 Å². The Balaban J connectivity index is 1.64. The quantitative estimate of drug-likeness (QED) is 0.205. The minimum atomic E-state index is -0.492. The lowest BCUT2D eigenvalue weighted by Crippen LogP contribution is -2.28. The van der Waals surface area contributed by atoms with Gasteiger partial charge < -0.3 is 9.52 Å². The smallest absolute Gasteiger partial charge is 0.270 e. The number of phenolic OH excluding ortho intramolecular Hbond substituents is 1. The molecule has 1 saturated heterocycles. The number of benzene rings is 2. The fourth-order valence-electron chi connectivity index (χ4n) is 2.93. The molecule has 1 fully saturated rings. The second kappa shape index (κ2) is 9.84. The van der Waals surface area contributed by atoms with Crippen LogP contribution in [0.25, 0.3) is 6.08 Å². The lowest BCUT2D eigenvalue weighted by molar-refractivity contribution is -0.384. The van der Waals surface area contributed by atoms with Crippen molar-refractivity contribution in [2.45, 2.75) is 6.54 Å². The molecule has 3 aromatic rings. The van der Waals surface area contributed by atoms with Crippen molar-refractivity contribution in [3.05, 3.63) is 97.2 Å². The summed E-state index contributed by atoms with van der Waals surface area (Å²) >= 11 is 4.45. The number of hydrogen-bond donors (Lipinski definition) is 1. The highest BCUT2D eigenvalue weighted by atomic mass is 79.9. The summed E-state index contributed by atoms with van der Waals surface area (Å²) in [6, 6.07) is 14.3. The Bertz CT molecular complexity index is 1300. The van der Waals surface area contributed by atoms with Gasteiger partial charge in [-0.15, -0.1) is 5.10 Å². The van der Waals surface area contributed by atoms with E-state index in [1.54, 1.807) is 42.5 Å². The van der Waals surface area contributed by atoms with E-state index in [-0.39, 0.29) is 23.9 Å². The van der Waals surface area contributed by atoms with Crippen molar-refractivity contribution in [2.24, 2.45) is 10.2 Å². The average Bonchev–Trinajstić information content (AvgIpc) is 3.41. The molecule has 9 nitrogen and oxygen atoms in total. The lowest BCUT2D eigenvalue weighted by Gasteiger charge is -2.12. The van der Waals surface area contributed by atoms with Crippen molar-refractivity contribution in [2.75, 3.05) is 0 Å². The summed E-state index contributed by atoms with van der Waals surface area (Å²) < 4.78 is 6.12. The van der Waals surface area contributed by atoms with E-state index in [0.29, 0.717) is 27.0 Å². The van der Waals surface area contributed by atoms with Crippen LogP contribution in [0.15, 0.2) is 84.9 Å².